The van der Waals surface area contributed by atoms with Gasteiger partial charge in [-0.1, -0.05) is 17.7 Å². The van der Waals surface area contributed by atoms with Crippen molar-refractivity contribution in [3.8, 4) is 0 Å². The highest BCUT2D eigenvalue weighted by Crippen LogP contribution is 2.25. The maximum atomic E-state index is 13.2. The Morgan fingerprint density at radius 3 is 2.56 bits per heavy atom. The third-order valence-electron chi connectivity index (χ3n) is 4.23. The van der Waals surface area contributed by atoms with E-state index < -0.39 is 17.5 Å². The summed E-state index contributed by atoms with van der Waals surface area (Å²) in [5.74, 6) is -3.07. The molecule has 1 N–H and O–H groups in total. The molecule has 0 aromatic heterocycles. The Kier molecular flexibility index (Phi) is 4.72. The summed E-state index contributed by atoms with van der Waals surface area (Å²) < 4.78 is 26.2. The van der Waals surface area contributed by atoms with E-state index in [-0.39, 0.29) is 30.5 Å². The molecule has 2 amide bonds. The lowest BCUT2D eigenvalue weighted by atomic mass is 9.97. The summed E-state index contributed by atoms with van der Waals surface area (Å²) in [6.45, 7) is 2.25. The first-order valence-corrected chi connectivity index (χ1v) is 8.05. The predicted molar refractivity (Wildman–Crippen MR) is 90.6 cm³/mol. The van der Waals surface area contributed by atoms with Gasteiger partial charge in [0.1, 0.15) is 0 Å². The summed E-state index contributed by atoms with van der Waals surface area (Å²) in [5.41, 5.74) is 1.46. The molecule has 25 heavy (non-hydrogen) atoms. The molecule has 7 heteroatoms. The number of rotatable bonds is 3. The number of hydrogen-bond donors (Lipinski definition) is 1. The zero-order chi connectivity index (χ0) is 18.1. The molecule has 1 heterocycles. The van der Waals surface area contributed by atoms with E-state index in [1.165, 1.54) is 11.0 Å². The fraction of sp³-hybridized carbons (Fsp3) is 0.222. The Morgan fingerprint density at radius 2 is 1.88 bits per heavy atom. The number of hydrogen-bond acceptors (Lipinski definition) is 2. The standard InChI is InChI=1S/C18H15ClF2N2O2/c1-10-13(19)3-2-4-16(10)22-17(24)12-8-23(9-12)18(25)11-5-6-14(20)15(21)7-11/h2-7,12H,8-9H2,1H3,(H,22,24). The monoisotopic (exact) mass is 364 g/mol. The van der Waals surface area contributed by atoms with Crippen LogP contribution in [0.25, 0.3) is 0 Å². The van der Waals surface area contributed by atoms with E-state index >= 15 is 0 Å². The number of halogens is 3. The van der Waals surface area contributed by atoms with Gasteiger partial charge in [0.05, 0.1) is 5.92 Å². The molecule has 0 unspecified atom stereocenters. The third kappa shape index (κ3) is 3.49. The average Bonchev–Trinajstić information content (AvgIpc) is 2.53. The third-order valence-corrected chi connectivity index (χ3v) is 4.64. The molecule has 2 aromatic carbocycles. The summed E-state index contributed by atoms with van der Waals surface area (Å²) in [6, 6.07) is 8.23. The lowest BCUT2D eigenvalue weighted by Crippen LogP contribution is -2.54. The molecule has 1 aliphatic rings. The van der Waals surface area contributed by atoms with Gasteiger partial charge in [-0.3, -0.25) is 9.59 Å². The van der Waals surface area contributed by atoms with Crippen molar-refractivity contribution in [3.05, 3.63) is 64.2 Å². The van der Waals surface area contributed by atoms with Crippen LogP contribution in [0.4, 0.5) is 14.5 Å². The molecule has 0 aliphatic carbocycles. The highest BCUT2D eigenvalue weighted by Gasteiger charge is 2.36. The van der Waals surface area contributed by atoms with Crippen molar-refractivity contribution in [1.29, 1.82) is 0 Å². The molecule has 0 atom stereocenters. The van der Waals surface area contributed by atoms with Gasteiger partial charge < -0.3 is 10.2 Å². The number of benzene rings is 2. The number of nitrogens with one attached hydrogen (secondary N) is 1. The van der Waals surface area contributed by atoms with Crippen LogP contribution in [0.1, 0.15) is 15.9 Å². The van der Waals surface area contributed by atoms with Gasteiger partial charge in [-0.2, -0.15) is 0 Å². The van der Waals surface area contributed by atoms with Crippen LogP contribution in [0.2, 0.25) is 5.02 Å². The topological polar surface area (TPSA) is 49.4 Å². The number of amides is 2. The van der Waals surface area contributed by atoms with E-state index in [2.05, 4.69) is 5.32 Å². The van der Waals surface area contributed by atoms with Crippen LogP contribution >= 0.6 is 11.6 Å². The predicted octanol–water partition coefficient (Wildman–Crippen LogP) is 3.64. The fourth-order valence-electron chi connectivity index (χ4n) is 2.60. The second-order valence-corrected chi connectivity index (χ2v) is 6.34. The number of anilines is 1. The lowest BCUT2D eigenvalue weighted by Gasteiger charge is -2.38. The molecule has 0 spiro atoms. The smallest absolute Gasteiger partial charge is 0.254 e. The van der Waals surface area contributed by atoms with Gasteiger partial charge in [0.25, 0.3) is 5.91 Å². The van der Waals surface area contributed by atoms with Crippen molar-refractivity contribution >= 4 is 29.1 Å². The van der Waals surface area contributed by atoms with E-state index in [4.69, 9.17) is 11.6 Å². The van der Waals surface area contributed by atoms with Crippen molar-refractivity contribution < 1.29 is 18.4 Å². The summed E-state index contributed by atoms with van der Waals surface area (Å²) in [7, 11) is 0. The molecule has 0 saturated carbocycles. The first-order valence-electron chi connectivity index (χ1n) is 7.67. The second kappa shape index (κ2) is 6.80. The van der Waals surface area contributed by atoms with E-state index in [1.54, 1.807) is 25.1 Å². The van der Waals surface area contributed by atoms with Crippen LogP contribution in [0.5, 0.6) is 0 Å². The molecule has 0 bridgehead atoms. The Balaban J connectivity index is 1.60. The van der Waals surface area contributed by atoms with Gasteiger partial charge in [0, 0.05) is 29.4 Å². The molecule has 1 saturated heterocycles. The quantitative estimate of drug-likeness (QED) is 0.904. The van der Waals surface area contributed by atoms with E-state index in [0.717, 1.165) is 17.7 Å². The van der Waals surface area contributed by atoms with Crippen LogP contribution in [0.3, 0.4) is 0 Å². The van der Waals surface area contributed by atoms with Crippen LogP contribution in [0.15, 0.2) is 36.4 Å². The Hall–Kier alpha value is -2.47. The largest absolute Gasteiger partial charge is 0.337 e. The van der Waals surface area contributed by atoms with E-state index in [9.17, 15) is 18.4 Å². The van der Waals surface area contributed by atoms with Crippen molar-refractivity contribution in [2.45, 2.75) is 6.92 Å². The zero-order valence-corrected chi connectivity index (χ0v) is 14.1. The van der Waals surface area contributed by atoms with Gasteiger partial charge in [0.15, 0.2) is 11.6 Å². The summed E-state index contributed by atoms with van der Waals surface area (Å²) in [5, 5.41) is 3.35. The number of likely N-dealkylation sites (tertiary alicyclic amines) is 1. The molecule has 1 fully saturated rings. The molecule has 0 radical (unpaired) electrons. The lowest BCUT2D eigenvalue weighted by molar-refractivity contribution is -0.123. The van der Waals surface area contributed by atoms with Crippen molar-refractivity contribution in [3.63, 3.8) is 0 Å². The van der Waals surface area contributed by atoms with Crippen LogP contribution in [0, 0.1) is 24.5 Å². The first-order chi connectivity index (χ1) is 11.9. The minimum absolute atomic E-state index is 0.0587. The molecular weight excluding hydrogens is 350 g/mol. The minimum Gasteiger partial charge on any atom is -0.337 e. The summed E-state index contributed by atoms with van der Waals surface area (Å²) in [6.07, 6.45) is 0. The minimum atomic E-state index is -1.07. The van der Waals surface area contributed by atoms with Gasteiger partial charge in [0.2, 0.25) is 5.91 Å². The highest BCUT2D eigenvalue weighted by molar-refractivity contribution is 6.31. The van der Waals surface area contributed by atoms with Crippen molar-refractivity contribution in [2.24, 2.45) is 5.92 Å². The van der Waals surface area contributed by atoms with Crippen molar-refractivity contribution in [1.82, 2.24) is 4.90 Å². The van der Waals surface area contributed by atoms with E-state index in [0.29, 0.717) is 10.7 Å². The first kappa shape index (κ1) is 17.4. The number of carbonyl (C=O) groups excluding carboxylic acids is 2. The second-order valence-electron chi connectivity index (χ2n) is 5.94. The molecule has 2 aromatic rings. The van der Waals surface area contributed by atoms with Gasteiger partial charge in [-0.25, -0.2) is 8.78 Å². The van der Waals surface area contributed by atoms with E-state index in [1.807, 2.05) is 0 Å². The SMILES string of the molecule is Cc1c(Cl)cccc1NC(=O)C1CN(C(=O)c2ccc(F)c(F)c2)C1. The summed E-state index contributed by atoms with van der Waals surface area (Å²) in [4.78, 5) is 25.9. The maximum absolute atomic E-state index is 13.2. The molecule has 130 valence electrons. The highest BCUT2D eigenvalue weighted by atomic mass is 35.5. The maximum Gasteiger partial charge on any atom is 0.254 e. The van der Waals surface area contributed by atoms with Crippen molar-refractivity contribution in [2.75, 3.05) is 18.4 Å². The zero-order valence-electron chi connectivity index (χ0n) is 13.4. The normalized spacial score (nSPS) is 14.2. The fourth-order valence-corrected chi connectivity index (χ4v) is 2.77. The molecular formula is C18H15ClF2N2O2. The Labute approximate surface area is 148 Å². The van der Waals surface area contributed by atoms with Gasteiger partial charge in [-0.05, 0) is 42.8 Å². The molecule has 3 rings (SSSR count). The average molecular weight is 365 g/mol. The Bertz CT molecular complexity index is 851. The number of carbonyl (C=O) groups is 2. The van der Waals surface area contributed by atoms with Crippen LogP contribution in [-0.2, 0) is 4.79 Å². The molecule has 1 aliphatic heterocycles. The summed E-state index contributed by atoms with van der Waals surface area (Å²) >= 11 is 6.02. The van der Waals surface area contributed by atoms with Crippen LogP contribution < -0.4 is 5.32 Å². The number of nitrogens with zero attached hydrogens (tertiary/aromatic N) is 1. The van der Waals surface area contributed by atoms with Gasteiger partial charge in [-0.15, -0.1) is 0 Å². The van der Waals surface area contributed by atoms with Gasteiger partial charge >= 0.3 is 0 Å². The Morgan fingerprint density at radius 1 is 1.16 bits per heavy atom. The molecule has 4 nitrogen and oxygen atoms in total. The van der Waals surface area contributed by atoms with Crippen LogP contribution in [-0.4, -0.2) is 29.8 Å².